The lowest BCUT2D eigenvalue weighted by atomic mass is 10.1. The normalized spacial score (nSPS) is 27.2. The number of nitrogens with one attached hydrogen (secondary N) is 1. The van der Waals surface area contributed by atoms with Crippen molar-refractivity contribution in [1.29, 1.82) is 0 Å². The van der Waals surface area contributed by atoms with Crippen LogP contribution in [0.4, 0.5) is 0 Å². The van der Waals surface area contributed by atoms with Crippen LogP contribution < -0.4 is 5.43 Å². The summed E-state index contributed by atoms with van der Waals surface area (Å²) >= 11 is 0. The van der Waals surface area contributed by atoms with Crippen LogP contribution in [0.1, 0.15) is 39.5 Å². The lowest BCUT2D eigenvalue weighted by Gasteiger charge is -2.29. The van der Waals surface area contributed by atoms with Gasteiger partial charge in [-0.25, -0.2) is 10.4 Å². The fourth-order valence-electron chi connectivity index (χ4n) is 2.54. The van der Waals surface area contributed by atoms with Gasteiger partial charge in [-0.15, -0.1) is 0 Å². The first-order valence-corrected chi connectivity index (χ1v) is 6.46. The van der Waals surface area contributed by atoms with E-state index in [-0.39, 0.29) is 23.9 Å². The van der Waals surface area contributed by atoms with Gasteiger partial charge in [0.25, 0.3) is 0 Å². The van der Waals surface area contributed by atoms with Crippen LogP contribution in [-0.4, -0.2) is 46.9 Å². The van der Waals surface area contributed by atoms with Crippen LogP contribution in [0.25, 0.3) is 0 Å². The van der Waals surface area contributed by atoms with E-state index in [2.05, 4.69) is 10.4 Å². The van der Waals surface area contributed by atoms with Gasteiger partial charge in [-0.3, -0.25) is 14.5 Å². The molecule has 0 spiro atoms. The summed E-state index contributed by atoms with van der Waals surface area (Å²) in [4.78, 5) is 25.1. The molecule has 0 aromatic rings. The Balaban J connectivity index is 1.94. The molecule has 96 valence electrons. The topological polar surface area (TPSA) is 52.7 Å². The number of piperidine rings is 1. The SMILES string of the molecule is CC(C)N1C(=O)CC(NN2CCCCC2)C1=O. The molecule has 0 saturated carbocycles. The third-order valence-electron chi connectivity index (χ3n) is 3.39. The number of hydrogen-bond acceptors (Lipinski definition) is 4. The first-order valence-electron chi connectivity index (χ1n) is 6.46. The molecule has 1 N–H and O–H groups in total. The number of amides is 2. The van der Waals surface area contributed by atoms with Crippen molar-refractivity contribution in [3.63, 3.8) is 0 Å². The van der Waals surface area contributed by atoms with E-state index in [9.17, 15) is 9.59 Å². The van der Waals surface area contributed by atoms with E-state index in [1.807, 2.05) is 13.8 Å². The summed E-state index contributed by atoms with van der Waals surface area (Å²) in [6.45, 7) is 5.69. The molecular formula is C12H21N3O2. The van der Waals surface area contributed by atoms with Crippen molar-refractivity contribution in [2.24, 2.45) is 0 Å². The highest BCUT2D eigenvalue weighted by atomic mass is 16.2. The Hall–Kier alpha value is -0.940. The molecule has 0 aromatic carbocycles. The molecule has 2 amide bonds. The van der Waals surface area contributed by atoms with Gasteiger partial charge in [-0.2, -0.15) is 0 Å². The number of carbonyl (C=O) groups excluding carboxylic acids is 2. The minimum absolute atomic E-state index is 0.0387. The number of hydrazine groups is 1. The quantitative estimate of drug-likeness (QED) is 0.729. The van der Waals surface area contributed by atoms with Gasteiger partial charge >= 0.3 is 0 Å². The van der Waals surface area contributed by atoms with Crippen molar-refractivity contribution in [3.8, 4) is 0 Å². The number of carbonyl (C=O) groups is 2. The van der Waals surface area contributed by atoms with E-state index >= 15 is 0 Å². The number of nitrogens with zero attached hydrogens (tertiary/aromatic N) is 2. The monoisotopic (exact) mass is 239 g/mol. The maximum Gasteiger partial charge on any atom is 0.248 e. The van der Waals surface area contributed by atoms with Crippen LogP contribution in [-0.2, 0) is 9.59 Å². The molecule has 17 heavy (non-hydrogen) atoms. The van der Waals surface area contributed by atoms with Gasteiger partial charge < -0.3 is 0 Å². The average Bonchev–Trinajstić information content (AvgIpc) is 2.55. The largest absolute Gasteiger partial charge is 0.279 e. The third-order valence-corrected chi connectivity index (χ3v) is 3.39. The van der Waals surface area contributed by atoms with Gasteiger partial charge in [0.2, 0.25) is 11.8 Å². The molecule has 5 heteroatoms. The maximum atomic E-state index is 12.0. The van der Waals surface area contributed by atoms with Crippen LogP contribution >= 0.6 is 0 Å². The van der Waals surface area contributed by atoms with Crippen molar-refractivity contribution in [2.75, 3.05) is 13.1 Å². The summed E-state index contributed by atoms with van der Waals surface area (Å²) < 4.78 is 0. The lowest BCUT2D eigenvalue weighted by molar-refractivity contribution is -0.141. The van der Waals surface area contributed by atoms with E-state index in [4.69, 9.17) is 0 Å². The van der Waals surface area contributed by atoms with E-state index in [0.717, 1.165) is 25.9 Å². The summed E-state index contributed by atoms with van der Waals surface area (Å²) in [5.41, 5.74) is 3.20. The summed E-state index contributed by atoms with van der Waals surface area (Å²) in [7, 11) is 0. The summed E-state index contributed by atoms with van der Waals surface area (Å²) in [5, 5.41) is 2.09. The number of hydrogen-bond donors (Lipinski definition) is 1. The Kier molecular flexibility index (Phi) is 3.79. The van der Waals surface area contributed by atoms with Crippen LogP contribution in [0, 0.1) is 0 Å². The summed E-state index contributed by atoms with van der Waals surface area (Å²) in [5.74, 6) is -0.130. The third kappa shape index (κ3) is 2.66. The molecule has 1 unspecified atom stereocenters. The molecule has 2 heterocycles. The molecule has 1 atom stereocenters. The van der Waals surface area contributed by atoms with Crippen molar-refractivity contribution < 1.29 is 9.59 Å². The fourth-order valence-corrected chi connectivity index (χ4v) is 2.54. The standard InChI is InChI=1S/C12H21N3O2/c1-9(2)15-11(16)8-10(12(15)17)13-14-6-4-3-5-7-14/h9-10,13H,3-8H2,1-2H3. The predicted octanol–water partition coefficient (Wildman–Crippen LogP) is 0.513. The zero-order chi connectivity index (χ0) is 12.4. The first kappa shape index (κ1) is 12.5. The second kappa shape index (κ2) is 5.14. The Morgan fingerprint density at radius 3 is 2.35 bits per heavy atom. The summed E-state index contributed by atoms with van der Waals surface area (Å²) in [6, 6.07) is -0.383. The Bertz CT molecular complexity index is 311. The zero-order valence-electron chi connectivity index (χ0n) is 10.6. The molecule has 2 aliphatic heterocycles. The Morgan fingerprint density at radius 1 is 1.18 bits per heavy atom. The maximum absolute atomic E-state index is 12.0. The van der Waals surface area contributed by atoms with Crippen molar-refractivity contribution >= 4 is 11.8 Å². The van der Waals surface area contributed by atoms with Crippen LogP contribution in [0.3, 0.4) is 0 Å². The summed E-state index contributed by atoms with van der Waals surface area (Å²) in [6.07, 6.45) is 3.88. The van der Waals surface area contributed by atoms with Gasteiger partial charge in [-0.1, -0.05) is 6.42 Å². The van der Waals surface area contributed by atoms with E-state index < -0.39 is 0 Å². The van der Waals surface area contributed by atoms with Gasteiger partial charge in [0.1, 0.15) is 6.04 Å². The van der Waals surface area contributed by atoms with E-state index in [0.29, 0.717) is 6.42 Å². The first-order chi connectivity index (χ1) is 8.09. The molecular weight excluding hydrogens is 218 g/mol. The van der Waals surface area contributed by atoms with Gasteiger partial charge in [0, 0.05) is 19.1 Å². The van der Waals surface area contributed by atoms with Gasteiger partial charge in [-0.05, 0) is 26.7 Å². The molecule has 2 rings (SSSR count). The predicted molar refractivity (Wildman–Crippen MR) is 64.0 cm³/mol. The Labute approximate surface area is 102 Å². The number of likely N-dealkylation sites (tertiary alicyclic amines) is 1. The smallest absolute Gasteiger partial charge is 0.248 e. The number of imide groups is 1. The zero-order valence-corrected chi connectivity index (χ0v) is 10.6. The Morgan fingerprint density at radius 2 is 1.82 bits per heavy atom. The molecule has 0 radical (unpaired) electrons. The van der Waals surface area contributed by atoms with Gasteiger partial charge in [0.05, 0.1) is 6.42 Å². The molecule has 2 saturated heterocycles. The highest BCUT2D eigenvalue weighted by molar-refractivity contribution is 6.05. The highest BCUT2D eigenvalue weighted by Gasteiger charge is 2.40. The van der Waals surface area contributed by atoms with E-state index in [1.165, 1.54) is 11.3 Å². The fraction of sp³-hybridized carbons (Fsp3) is 0.833. The van der Waals surface area contributed by atoms with Gasteiger partial charge in [0.15, 0.2) is 0 Å². The average molecular weight is 239 g/mol. The van der Waals surface area contributed by atoms with Crippen molar-refractivity contribution in [1.82, 2.24) is 15.3 Å². The molecule has 0 aliphatic carbocycles. The van der Waals surface area contributed by atoms with Crippen molar-refractivity contribution in [3.05, 3.63) is 0 Å². The molecule has 0 bridgehead atoms. The molecule has 5 nitrogen and oxygen atoms in total. The van der Waals surface area contributed by atoms with Crippen LogP contribution in [0.2, 0.25) is 0 Å². The number of rotatable bonds is 3. The lowest BCUT2D eigenvalue weighted by Crippen LogP contribution is -2.50. The van der Waals surface area contributed by atoms with Crippen LogP contribution in [0.15, 0.2) is 0 Å². The second-order valence-corrected chi connectivity index (χ2v) is 5.13. The van der Waals surface area contributed by atoms with Crippen LogP contribution in [0.5, 0.6) is 0 Å². The van der Waals surface area contributed by atoms with E-state index in [1.54, 1.807) is 0 Å². The second-order valence-electron chi connectivity index (χ2n) is 5.13. The minimum Gasteiger partial charge on any atom is -0.279 e. The molecule has 2 fully saturated rings. The molecule has 0 aromatic heterocycles. The minimum atomic E-state index is -0.344. The van der Waals surface area contributed by atoms with Crippen molar-refractivity contribution in [2.45, 2.75) is 51.6 Å². The highest BCUT2D eigenvalue weighted by Crippen LogP contribution is 2.17. The molecule has 2 aliphatic rings.